The molecule has 2 aromatic heterocycles. The number of carbonyl (C=O) groups excluding carboxylic acids is 2. The molecule has 4 rings (SSSR count). The fourth-order valence-corrected chi connectivity index (χ4v) is 3.91. The molecule has 0 atom stereocenters. The molecule has 1 saturated heterocycles. The van der Waals surface area contributed by atoms with Crippen molar-refractivity contribution < 1.29 is 9.59 Å². The van der Waals surface area contributed by atoms with E-state index < -0.39 is 0 Å². The summed E-state index contributed by atoms with van der Waals surface area (Å²) in [6, 6.07) is 11.2. The maximum absolute atomic E-state index is 12.8. The normalized spacial score (nSPS) is 14.0. The van der Waals surface area contributed by atoms with Gasteiger partial charge in [0, 0.05) is 24.7 Å². The van der Waals surface area contributed by atoms with Crippen molar-refractivity contribution in [3.63, 3.8) is 0 Å². The lowest BCUT2D eigenvalue weighted by molar-refractivity contribution is 0.0788. The first-order valence-corrected chi connectivity index (χ1v) is 9.14. The van der Waals surface area contributed by atoms with Crippen molar-refractivity contribution in [3.8, 4) is 0 Å². The first-order chi connectivity index (χ1) is 12.2. The summed E-state index contributed by atoms with van der Waals surface area (Å²) in [4.78, 5) is 32.0. The third kappa shape index (κ3) is 3.00. The zero-order valence-electron chi connectivity index (χ0n) is 13.6. The molecular weight excluding hydrogens is 334 g/mol. The van der Waals surface area contributed by atoms with Crippen LogP contribution in [0.25, 0.3) is 10.9 Å². The number of aromatic nitrogens is 1. The molecule has 3 aromatic rings. The van der Waals surface area contributed by atoms with Crippen LogP contribution < -0.4 is 5.32 Å². The Morgan fingerprint density at radius 3 is 2.72 bits per heavy atom. The highest BCUT2D eigenvalue weighted by Crippen LogP contribution is 2.25. The third-order valence-corrected chi connectivity index (χ3v) is 5.29. The van der Waals surface area contributed by atoms with Gasteiger partial charge in [-0.2, -0.15) is 0 Å². The lowest BCUT2D eigenvalue weighted by Crippen LogP contribution is -2.29. The number of thiophene rings is 1. The van der Waals surface area contributed by atoms with Crippen LogP contribution in [0.3, 0.4) is 0 Å². The average Bonchev–Trinajstić information content (AvgIpc) is 3.33. The Balaban J connectivity index is 1.61. The summed E-state index contributed by atoms with van der Waals surface area (Å²) in [6.45, 7) is 1.53. The van der Waals surface area contributed by atoms with E-state index in [-0.39, 0.29) is 11.8 Å². The van der Waals surface area contributed by atoms with Gasteiger partial charge in [0.15, 0.2) is 0 Å². The number of likely N-dealkylation sites (tertiary alicyclic amines) is 1. The molecule has 3 heterocycles. The Morgan fingerprint density at radius 2 is 1.88 bits per heavy atom. The first-order valence-electron chi connectivity index (χ1n) is 8.26. The molecular formula is C19H17N3O2S. The molecule has 0 saturated carbocycles. The predicted molar refractivity (Wildman–Crippen MR) is 99.2 cm³/mol. The number of hydrogen-bond donors (Lipinski definition) is 1. The van der Waals surface area contributed by atoms with Gasteiger partial charge in [-0.3, -0.25) is 14.6 Å². The molecule has 1 N–H and O–H groups in total. The second-order valence-electron chi connectivity index (χ2n) is 6.00. The van der Waals surface area contributed by atoms with Crippen LogP contribution in [0.1, 0.15) is 32.9 Å². The summed E-state index contributed by atoms with van der Waals surface area (Å²) in [5.74, 6) is -0.323. The van der Waals surface area contributed by atoms with E-state index in [1.807, 2.05) is 35.2 Å². The molecule has 0 aliphatic carbocycles. The predicted octanol–water partition coefficient (Wildman–Crippen LogP) is 3.78. The average molecular weight is 351 g/mol. The van der Waals surface area contributed by atoms with E-state index in [1.54, 1.807) is 17.6 Å². The second-order valence-corrected chi connectivity index (χ2v) is 6.91. The molecule has 1 fully saturated rings. The Bertz CT molecular complexity index is 939. The van der Waals surface area contributed by atoms with Gasteiger partial charge in [-0.25, -0.2) is 0 Å². The fraction of sp³-hybridized carbons (Fsp3) is 0.211. The molecule has 5 nitrogen and oxygen atoms in total. The van der Waals surface area contributed by atoms with Gasteiger partial charge in [0.25, 0.3) is 11.8 Å². The topological polar surface area (TPSA) is 62.3 Å². The summed E-state index contributed by atoms with van der Waals surface area (Å²) in [7, 11) is 0. The largest absolute Gasteiger partial charge is 0.339 e. The van der Waals surface area contributed by atoms with Gasteiger partial charge in [-0.05, 0) is 36.4 Å². The Labute approximate surface area is 149 Å². The van der Waals surface area contributed by atoms with Crippen molar-refractivity contribution in [2.24, 2.45) is 0 Å². The molecule has 126 valence electrons. The number of fused-ring (bicyclic) bond motifs is 1. The zero-order valence-corrected chi connectivity index (χ0v) is 14.4. The lowest BCUT2D eigenvalue weighted by Gasteiger charge is -2.15. The highest BCUT2D eigenvalue weighted by Gasteiger charge is 2.25. The molecule has 0 radical (unpaired) electrons. The maximum Gasteiger partial charge on any atom is 0.266 e. The van der Waals surface area contributed by atoms with Gasteiger partial charge in [-0.15, -0.1) is 11.3 Å². The van der Waals surface area contributed by atoms with Crippen LogP contribution in [0.5, 0.6) is 0 Å². The van der Waals surface area contributed by atoms with E-state index in [0.29, 0.717) is 16.1 Å². The highest BCUT2D eigenvalue weighted by atomic mass is 32.1. The number of nitrogens with zero attached hydrogens (tertiary/aromatic N) is 2. The summed E-state index contributed by atoms with van der Waals surface area (Å²) in [5.41, 5.74) is 1.87. The minimum Gasteiger partial charge on any atom is -0.339 e. The summed E-state index contributed by atoms with van der Waals surface area (Å²) in [6.07, 6.45) is 3.75. The number of benzene rings is 1. The summed E-state index contributed by atoms with van der Waals surface area (Å²) < 4.78 is 0. The molecule has 25 heavy (non-hydrogen) atoms. The third-order valence-electron chi connectivity index (χ3n) is 4.38. The minimum absolute atomic E-state index is 0.0556. The molecule has 2 amide bonds. The number of para-hydroxylation sites is 1. The number of amides is 2. The quantitative estimate of drug-likeness (QED) is 0.781. The molecule has 1 aliphatic rings. The molecule has 0 spiro atoms. The molecule has 6 heteroatoms. The smallest absolute Gasteiger partial charge is 0.266 e. The van der Waals surface area contributed by atoms with Crippen LogP contribution in [-0.2, 0) is 0 Å². The van der Waals surface area contributed by atoms with Crippen LogP contribution in [0.15, 0.2) is 48.0 Å². The van der Waals surface area contributed by atoms with Crippen molar-refractivity contribution in [3.05, 3.63) is 58.4 Å². The van der Waals surface area contributed by atoms with Gasteiger partial charge in [0.1, 0.15) is 4.88 Å². The Morgan fingerprint density at radius 1 is 1.08 bits per heavy atom. The number of hydrogen-bond acceptors (Lipinski definition) is 4. The van der Waals surface area contributed by atoms with E-state index >= 15 is 0 Å². The van der Waals surface area contributed by atoms with Gasteiger partial charge < -0.3 is 10.2 Å². The van der Waals surface area contributed by atoms with Crippen LogP contribution in [0.2, 0.25) is 0 Å². The van der Waals surface area contributed by atoms with Crippen molar-refractivity contribution in [2.75, 3.05) is 18.4 Å². The van der Waals surface area contributed by atoms with Gasteiger partial charge in [-0.1, -0.05) is 18.2 Å². The van der Waals surface area contributed by atoms with Crippen LogP contribution in [0, 0.1) is 0 Å². The van der Waals surface area contributed by atoms with Gasteiger partial charge >= 0.3 is 0 Å². The van der Waals surface area contributed by atoms with Crippen molar-refractivity contribution in [2.45, 2.75) is 12.8 Å². The van der Waals surface area contributed by atoms with Crippen molar-refractivity contribution >= 4 is 39.7 Å². The highest BCUT2D eigenvalue weighted by molar-refractivity contribution is 7.12. The second kappa shape index (κ2) is 6.64. The number of carbonyl (C=O) groups is 2. The number of pyridine rings is 1. The van der Waals surface area contributed by atoms with Crippen LogP contribution in [0.4, 0.5) is 5.69 Å². The standard InChI is InChI=1S/C19H17N3O2S/c23-18(21-15-7-3-5-13-6-4-9-20-16(13)15)17-14(8-12-25-17)19(24)22-10-1-2-11-22/h3-9,12H,1-2,10-11H2,(H,21,23). The van der Waals surface area contributed by atoms with Gasteiger partial charge in [0.05, 0.1) is 16.8 Å². The lowest BCUT2D eigenvalue weighted by atomic mass is 10.2. The number of nitrogens with one attached hydrogen (secondary N) is 1. The van der Waals surface area contributed by atoms with E-state index in [1.165, 1.54) is 11.3 Å². The van der Waals surface area contributed by atoms with Crippen molar-refractivity contribution in [1.29, 1.82) is 0 Å². The monoisotopic (exact) mass is 351 g/mol. The van der Waals surface area contributed by atoms with Crippen LogP contribution in [-0.4, -0.2) is 34.8 Å². The number of rotatable bonds is 3. The Hall–Kier alpha value is -2.73. The van der Waals surface area contributed by atoms with E-state index in [9.17, 15) is 9.59 Å². The molecule has 1 aromatic carbocycles. The van der Waals surface area contributed by atoms with Crippen molar-refractivity contribution in [1.82, 2.24) is 9.88 Å². The first kappa shape index (κ1) is 15.8. The van der Waals surface area contributed by atoms with Gasteiger partial charge in [0.2, 0.25) is 0 Å². The van der Waals surface area contributed by atoms with Crippen LogP contribution >= 0.6 is 11.3 Å². The van der Waals surface area contributed by atoms with E-state index in [4.69, 9.17) is 0 Å². The minimum atomic E-state index is -0.268. The summed E-state index contributed by atoms with van der Waals surface area (Å²) in [5, 5.41) is 5.66. The fourth-order valence-electron chi connectivity index (χ4n) is 3.13. The molecule has 0 bridgehead atoms. The van der Waals surface area contributed by atoms with E-state index in [2.05, 4.69) is 10.3 Å². The summed E-state index contributed by atoms with van der Waals surface area (Å²) >= 11 is 1.29. The molecule has 0 unspecified atom stereocenters. The molecule has 1 aliphatic heterocycles. The number of anilines is 1. The SMILES string of the molecule is O=C(Nc1cccc2cccnc12)c1sccc1C(=O)N1CCCC1. The maximum atomic E-state index is 12.8. The Kier molecular flexibility index (Phi) is 4.19. The van der Waals surface area contributed by atoms with E-state index in [0.717, 1.165) is 36.8 Å². The zero-order chi connectivity index (χ0) is 17.2.